The second-order valence-corrected chi connectivity index (χ2v) is 6.73. The van der Waals surface area contributed by atoms with Crippen molar-refractivity contribution in [3.05, 3.63) is 45.9 Å². The second kappa shape index (κ2) is 7.08. The summed E-state index contributed by atoms with van der Waals surface area (Å²) in [6.07, 6.45) is 2.00. The molecule has 1 unspecified atom stereocenters. The van der Waals surface area contributed by atoms with Crippen LogP contribution in [0.5, 0.6) is 0 Å². The van der Waals surface area contributed by atoms with Gasteiger partial charge in [0.15, 0.2) is 0 Å². The van der Waals surface area contributed by atoms with E-state index in [1.165, 1.54) is 20.3 Å². The average molecular weight is 292 g/mol. The van der Waals surface area contributed by atoms with Gasteiger partial charge in [0.1, 0.15) is 5.01 Å². The van der Waals surface area contributed by atoms with Crippen LogP contribution < -0.4 is 5.32 Å². The van der Waals surface area contributed by atoms with Crippen LogP contribution in [0.4, 0.5) is 0 Å². The summed E-state index contributed by atoms with van der Waals surface area (Å²) in [5.74, 6) is 0.951. The lowest BCUT2D eigenvalue weighted by atomic mass is 10.2. The predicted molar refractivity (Wildman–Crippen MR) is 84.9 cm³/mol. The molecular weight excluding hydrogens is 272 g/mol. The second-order valence-electron chi connectivity index (χ2n) is 4.54. The molecule has 0 aliphatic heterocycles. The van der Waals surface area contributed by atoms with Gasteiger partial charge in [-0.25, -0.2) is 4.98 Å². The Morgan fingerprint density at radius 2 is 2.05 bits per heavy atom. The first-order valence-electron chi connectivity index (χ1n) is 6.56. The lowest BCUT2D eigenvalue weighted by Gasteiger charge is -2.08. The smallest absolute Gasteiger partial charge is 0.103 e. The van der Waals surface area contributed by atoms with Crippen molar-refractivity contribution < 1.29 is 0 Å². The molecule has 102 valence electrons. The molecule has 0 aliphatic rings. The van der Waals surface area contributed by atoms with Gasteiger partial charge in [-0.05, 0) is 32.5 Å². The van der Waals surface area contributed by atoms with Gasteiger partial charge in [0.2, 0.25) is 0 Å². The van der Waals surface area contributed by atoms with E-state index in [-0.39, 0.29) is 0 Å². The molecule has 1 atom stereocenters. The van der Waals surface area contributed by atoms with Crippen LogP contribution in [0.25, 0.3) is 0 Å². The first-order valence-corrected chi connectivity index (χ1v) is 8.36. The number of aryl methyl sites for hydroxylation is 1. The van der Waals surface area contributed by atoms with E-state index in [1.54, 1.807) is 0 Å². The molecule has 0 radical (unpaired) electrons. The zero-order valence-electron chi connectivity index (χ0n) is 11.6. The maximum absolute atomic E-state index is 4.51. The summed E-state index contributed by atoms with van der Waals surface area (Å²) in [6.45, 7) is 7.43. The van der Waals surface area contributed by atoms with Crippen LogP contribution >= 0.6 is 23.1 Å². The molecule has 1 aromatic heterocycles. The van der Waals surface area contributed by atoms with Crippen LogP contribution in [0.2, 0.25) is 0 Å². The monoisotopic (exact) mass is 292 g/mol. The van der Waals surface area contributed by atoms with E-state index in [0.29, 0.717) is 6.04 Å². The molecule has 1 aromatic carbocycles. The number of aromatic nitrogens is 1. The third-order valence-corrected chi connectivity index (χ3v) is 5.28. The zero-order chi connectivity index (χ0) is 13.7. The summed E-state index contributed by atoms with van der Waals surface area (Å²) in [5.41, 5.74) is 1.31. The van der Waals surface area contributed by atoms with Gasteiger partial charge in [-0.3, -0.25) is 0 Å². The highest BCUT2D eigenvalue weighted by molar-refractivity contribution is 7.98. The largest absolute Gasteiger partial charge is 0.310 e. The first kappa shape index (κ1) is 14.6. The molecule has 0 spiro atoms. The van der Waals surface area contributed by atoms with Crippen molar-refractivity contribution in [1.82, 2.24) is 10.3 Å². The van der Waals surface area contributed by atoms with Crippen LogP contribution in [0.15, 0.2) is 35.4 Å². The minimum Gasteiger partial charge on any atom is -0.310 e. The fraction of sp³-hybridized carbons (Fsp3) is 0.400. The topological polar surface area (TPSA) is 24.9 Å². The minimum absolute atomic E-state index is 0.403. The van der Waals surface area contributed by atoms with E-state index in [2.05, 4.69) is 55.3 Å². The number of nitrogens with zero attached hydrogens (tertiary/aromatic N) is 1. The minimum atomic E-state index is 0.403. The summed E-state index contributed by atoms with van der Waals surface area (Å²) >= 11 is 3.66. The van der Waals surface area contributed by atoms with Crippen LogP contribution in [0.3, 0.4) is 0 Å². The van der Waals surface area contributed by atoms with E-state index < -0.39 is 0 Å². The number of rotatable bonds is 6. The molecule has 1 N–H and O–H groups in total. The van der Waals surface area contributed by atoms with Gasteiger partial charge in [-0.15, -0.1) is 23.1 Å². The van der Waals surface area contributed by atoms with E-state index in [1.807, 2.05) is 29.3 Å². The van der Waals surface area contributed by atoms with Crippen molar-refractivity contribution in [2.24, 2.45) is 0 Å². The van der Waals surface area contributed by atoms with Crippen molar-refractivity contribution >= 4 is 23.1 Å². The molecule has 4 heteroatoms. The Kier molecular flexibility index (Phi) is 5.43. The van der Waals surface area contributed by atoms with Crippen molar-refractivity contribution in [3.63, 3.8) is 0 Å². The maximum Gasteiger partial charge on any atom is 0.103 e. The predicted octanol–water partition coefficient (Wildman–Crippen LogP) is 4.41. The number of hydrogen-bond acceptors (Lipinski definition) is 4. The van der Waals surface area contributed by atoms with E-state index in [9.17, 15) is 0 Å². The highest BCUT2D eigenvalue weighted by Gasteiger charge is 2.08. The van der Waals surface area contributed by atoms with Crippen molar-refractivity contribution in [1.29, 1.82) is 0 Å². The van der Waals surface area contributed by atoms with Gasteiger partial charge in [0.25, 0.3) is 0 Å². The third kappa shape index (κ3) is 4.34. The van der Waals surface area contributed by atoms with Crippen molar-refractivity contribution in [3.8, 4) is 0 Å². The van der Waals surface area contributed by atoms with E-state index in [4.69, 9.17) is 0 Å². The van der Waals surface area contributed by atoms with Crippen molar-refractivity contribution in [2.45, 2.75) is 37.5 Å². The fourth-order valence-corrected chi connectivity index (χ4v) is 3.63. The third-order valence-electron chi connectivity index (χ3n) is 2.89. The van der Waals surface area contributed by atoms with Gasteiger partial charge < -0.3 is 5.32 Å². The Labute approximate surface area is 123 Å². The Morgan fingerprint density at radius 1 is 1.32 bits per heavy atom. The number of benzene rings is 1. The van der Waals surface area contributed by atoms with E-state index in [0.717, 1.165) is 12.3 Å². The molecule has 0 saturated carbocycles. The lowest BCUT2D eigenvalue weighted by molar-refractivity contribution is 0.606. The highest BCUT2D eigenvalue weighted by atomic mass is 32.2. The summed E-state index contributed by atoms with van der Waals surface area (Å²) < 4.78 is 0. The number of thioether (sulfide) groups is 1. The van der Waals surface area contributed by atoms with Crippen LogP contribution in [0.1, 0.15) is 35.3 Å². The SMILES string of the molecule is CCNC(C)c1cnc(CSc2ccc(C)cc2)s1. The normalized spacial score (nSPS) is 12.6. The average Bonchev–Trinajstić information content (AvgIpc) is 2.87. The van der Waals surface area contributed by atoms with Gasteiger partial charge >= 0.3 is 0 Å². The van der Waals surface area contributed by atoms with Gasteiger partial charge in [-0.2, -0.15) is 0 Å². The summed E-state index contributed by atoms with van der Waals surface area (Å²) in [7, 11) is 0. The summed E-state index contributed by atoms with van der Waals surface area (Å²) in [5, 5.41) is 4.62. The van der Waals surface area contributed by atoms with Crippen LogP contribution in [0, 0.1) is 6.92 Å². The first-order chi connectivity index (χ1) is 9.19. The molecule has 1 heterocycles. The van der Waals surface area contributed by atoms with Gasteiger partial charge in [0.05, 0.1) is 5.75 Å². The highest BCUT2D eigenvalue weighted by Crippen LogP contribution is 2.27. The summed E-state index contributed by atoms with van der Waals surface area (Å²) in [4.78, 5) is 7.14. The van der Waals surface area contributed by atoms with Gasteiger partial charge in [0, 0.05) is 22.0 Å². The molecule has 0 bridgehead atoms. The standard InChI is InChI=1S/C15H20N2S2/c1-4-16-12(3)14-9-17-15(19-14)10-18-13-7-5-11(2)6-8-13/h5-9,12,16H,4,10H2,1-3H3. The molecule has 0 aliphatic carbocycles. The molecule has 0 fully saturated rings. The summed E-state index contributed by atoms with van der Waals surface area (Å²) in [6, 6.07) is 9.07. The Hall–Kier alpha value is -0.840. The van der Waals surface area contributed by atoms with Crippen LogP contribution in [-0.2, 0) is 5.75 Å². The van der Waals surface area contributed by atoms with Crippen molar-refractivity contribution in [2.75, 3.05) is 6.54 Å². The van der Waals surface area contributed by atoms with Crippen LogP contribution in [-0.4, -0.2) is 11.5 Å². The molecule has 2 nitrogen and oxygen atoms in total. The number of hydrogen-bond donors (Lipinski definition) is 1. The maximum atomic E-state index is 4.51. The molecule has 19 heavy (non-hydrogen) atoms. The zero-order valence-corrected chi connectivity index (χ0v) is 13.3. The molecular formula is C15H20N2S2. The Balaban J connectivity index is 1.91. The number of nitrogens with one attached hydrogen (secondary N) is 1. The molecule has 2 rings (SSSR count). The van der Waals surface area contributed by atoms with Gasteiger partial charge in [-0.1, -0.05) is 24.6 Å². The molecule has 0 saturated heterocycles. The van der Waals surface area contributed by atoms with E-state index >= 15 is 0 Å². The fourth-order valence-electron chi connectivity index (χ4n) is 1.78. The quantitative estimate of drug-likeness (QED) is 0.798. The molecule has 2 aromatic rings. The molecule has 0 amide bonds. The lowest BCUT2D eigenvalue weighted by Crippen LogP contribution is -2.16. The number of thiazole rings is 1. The Bertz CT molecular complexity index is 505. The Morgan fingerprint density at radius 3 is 2.74 bits per heavy atom.